The second kappa shape index (κ2) is 5.67. The zero-order valence-electron chi connectivity index (χ0n) is 11.4. The quantitative estimate of drug-likeness (QED) is 0.882. The van der Waals surface area contributed by atoms with Gasteiger partial charge in [-0.2, -0.15) is 0 Å². The van der Waals surface area contributed by atoms with Crippen LogP contribution >= 0.6 is 0 Å². The highest BCUT2D eigenvalue weighted by molar-refractivity contribution is 5.55. The van der Waals surface area contributed by atoms with Crippen LogP contribution in [0.15, 0.2) is 18.2 Å². The van der Waals surface area contributed by atoms with Crippen LogP contribution in [0, 0.1) is 5.82 Å². The molecule has 2 rings (SSSR count). The van der Waals surface area contributed by atoms with Crippen molar-refractivity contribution >= 4 is 5.69 Å². The molecule has 1 unspecified atom stereocenters. The van der Waals surface area contributed by atoms with Crippen LogP contribution in [0.5, 0.6) is 0 Å². The van der Waals surface area contributed by atoms with Gasteiger partial charge in [0.1, 0.15) is 5.82 Å². The van der Waals surface area contributed by atoms with E-state index in [4.69, 9.17) is 0 Å². The third-order valence-corrected chi connectivity index (χ3v) is 3.71. The van der Waals surface area contributed by atoms with E-state index in [0.717, 1.165) is 30.9 Å². The molecule has 1 atom stereocenters. The largest absolute Gasteiger partial charge is 0.366 e. The van der Waals surface area contributed by atoms with Gasteiger partial charge in [0.15, 0.2) is 0 Å². The number of nitrogens with one attached hydrogen (secondary N) is 1. The molecular weight excluding hydrogens is 229 g/mol. The molecular formula is C14H22FN3. The van der Waals surface area contributed by atoms with Gasteiger partial charge in [-0.1, -0.05) is 12.1 Å². The minimum Gasteiger partial charge on any atom is -0.366 e. The SMILES string of the molecule is CNCc1cccc(F)c1N1CCN(C)C(C)C1. The van der Waals surface area contributed by atoms with Crippen molar-refractivity contribution in [1.29, 1.82) is 0 Å². The highest BCUT2D eigenvalue weighted by Crippen LogP contribution is 2.26. The summed E-state index contributed by atoms with van der Waals surface area (Å²) in [4.78, 5) is 4.49. The zero-order valence-corrected chi connectivity index (χ0v) is 11.4. The summed E-state index contributed by atoms with van der Waals surface area (Å²) in [5, 5.41) is 3.11. The molecule has 1 N–H and O–H groups in total. The first-order valence-corrected chi connectivity index (χ1v) is 6.50. The first-order chi connectivity index (χ1) is 8.63. The number of para-hydroxylation sites is 1. The molecule has 1 aliphatic rings. The van der Waals surface area contributed by atoms with Crippen LogP contribution in [-0.2, 0) is 6.54 Å². The van der Waals surface area contributed by atoms with Gasteiger partial charge in [-0.15, -0.1) is 0 Å². The Morgan fingerprint density at radius 2 is 2.17 bits per heavy atom. The number of rotatable bonds is 3. The van der Waals surface area contributed by atoms with Crippen LogP contribution in [0.1, 0.15) is 12.5 Å². The van der Waals surface area contributed by atoms with Crippen LogP contribution in [0.2, 0.25) is 0 Å². The lowest BCUT2D eigenvalue weighted by molar-refractivity contribution is 0.233. The lowest BCUT2D eigenvalue weighted by atomic mass is 10.1. The van der Waals surface area contributed by atoms with E-state index in [9.17, 15) is 4.39 Å². The van der Waals surface area contributed by atoms with Crippen molar-refractivity contribution in [2.45, 2.75) is 19.5 Å². The molecule has 18 heavy (non-hydrogen) atoms. The minimum atomic E-state index is -0.112. The van der Waals surface area contributed by atoms with E-state index in [1.54, 1.807) is 12.1 Å². The van der Waals surface area contributed by atoms with E-state index in [1.165, 1.54) is 0 Å². The summed E-state index contributed by atoms with van der Waals surface area (Å²) < 4.78 is 14.1. The zero-order chi connectivity index (χ0) is 13.1. The van der Waals surface area contributed by atoms with E-state index in [0.29, 0.717) is 12.6 Å². The first kappa shape index (κ1) is 13.3. The number of anilines is 1. The summed E-state index contributed by atoms with van der Waals surface area (Å²) in [6.45, 7) is 5.64. The number of nitrogens with zero attached hydrogens (tertiary/aromatic N) is 2. The van der Waals surface area contributed by atoms with Crippen LogP contribution < -0.4 is 10.2 Å². The Balaban J connectivity index is 2.26. The van der Waals surface area contributed by atoms with Gasteiger partial charge < -0.3 is 15.1 Å². The molecule has 0 amide bonds. The number of benzene rings is 1. The summed E-state index contributed by atoms with van der Waals surface area (Å²) in [6, 6.07) is 5.79. The molecule has 1 heterocycles. The summed E-state index contributed by atoms with van der Waals surface area (Å²) in [5.74, 6) is -0.112. The Morgan fingerprint density at radius 3 is 2.83 bits per heavy atom. The summed E-state index contributed by atoms with van der Waals surface area (Å²) in [5.41, 5.74) is 1.81. The average Bonchev–Trinajstić information content (AvgIpc) is 2.34. The van der Waals surface area contributed by atoms with Crippen molar-refractivity contribution in [2.24, 2.45) is 0 Å². The molecule has 0 aliphatic carbocycles. The molecule has 0 saturated carbocycles. The molecule has 4 heteroatoms. The molecule has 0 spiro atoms. The standard InChI is InChI=1S/C14H22FN3/c1-11-10-18(8-7-17(11)3)14-12(9-16-2)5-4-6-13(14)15/h4-6,11,16H,7-10H2,1-3H3. The second-order valence-electron chi connectivity index (χ2n) is 5.05. The molecule has 1 aromatic rings. The fraction of sp³-hybridized carbons (Fsp3) is 0.571. The third kappa shape index (κ3) is 2.65. The Labute approximate surface area is 109 Å². The number of likely N-dealkylation sites (N-methyl/N-ethyl adjacent to an activating group) is 1. The highest BCUT2D eigenvalue weighted by atomic mass is 19.1. The summed E-state index contributed by atoms with van der Waals surface area (Å²) in [6.07, 6.45) is 0. The maximum Gasteiger partial charge on any atom is 0.146 e. The summed E-state index contributed by atoms with van der Waals surface area (Å²) >= 11 is 0. The molecule has 0 bridgehead atoms. The molecule has 1 fully saturated rings. The Hall–Kier alpha value is -1.13. The predicted octanol–water partition coefficient (Wildman–Crippen LogP) is 1.69. The van der Waals surface area contributed by atoms with Crippen LogP contribution in [0.3, 0.4) is 0 Å². The van der Waals surface area contributed by atoms with E-state index in [-0.39, 0.29) is 5.82 Å². The Morgan fingerprint density at radius 1 is 1.39 bits per heavy atom. The Bertz CT molecular complexity index is 408. The topological polar surface area (TPSA) is 18.5 Å². The van der Waals surface area contributed by atoms with Gasteiger partial charge in [-0.05, 0) is 32.6 Å². The van der Waals surface area contributed by atoms with Gasteiger partial charge in [-0.25, -0.2) is 4.39 Å². The van der Waals surface area contributed by atoms with E-state index in [1.807, 2.05) is 13.1 Å². The Kier molecular flexibility index (Phi) is 4.19. The van der Waals surface area contributed by atoms with Gasteiger partial charge in [0, 0.05) is 32.2 Å². The maximum absolute atomic E-state index is 14.1. The number of hydrogen-bond acceptors (Lipinski definition) is 3. The highest BCUT2D eigenvalue weighted by Gasteiger charge is 2.24. The van der Waals surface area contributed by atoms with Crippen LogP contribution in [0.4, 0.5) is 10.1 Å². The van der Waals surface area contributed by atoms with Crippen molar-refractivity contribution in [3.8, 4) is 0 Å². The predicted molar refractivity (Wildman–Crippen MR) is 73.5 cm³/mol. The van der Waals surface area contributed by atoms with Gasteiger partial charge in [0.25, 0.3) is 0 Å². The average molecular weight is 251 g/mol. The molecule has 1 saturated heterocycles. The van der Waals surface area contributed by atoms with E-state index >= 15 is 0 Å². The van der Waals surface area contributed by atoms with Gasteiger partial charge in [0.05, 0.1) is 5.69 Å². The van der Waals surface area contributed by atoms with E-state index in [2.05, 4.69) is 29.1 Å². The third-order valence-electron chi connectivity index (χ3n) is 3.71. The molecule has 1 aliphatic heterocycles. The van der Waals surface area contributed by atoms with Crippen molar-refractivity contribution in [3.05, 3.63) is 29.6 Å². The lowest BCUT2D eigenvalue weighted by Crippen LogP contribution is -2.50. The number of halogens is 1. The number of hydrogen-bond donors (Lipinski definition) is 1. The second-order valence-corrected chi connectivity index (χ2v) is 5.05. The molecule has 0 aromatic heterocycles. The first-order valence-electron chi connectivity index (χ1n) is 6.50. The van der Waals surface area contributed by atoms with Gasteiger partial charge in [0.2, 0.25) is 0 Å². The number of piperazine rings is 1. The van der Waals surface area contributed by atoms with Crippen molar-refractivity contribution in [1.82, 2.24) is 10.2 Å². The van der Waals surface area contributed by atoms with E-state index < -0.39 is 0 Å². The molecule has 0 radical (unpaired) electrons. The maximum atomic E-state index is 14.1. The van der Waals surface area contributed by atoms with Crippen LogP contribution in [-0.4, -0.2) is 44.7 Å². The van der Waals surface area contributed by atoms with Crippen molar-refractivity contribution < 1.29 is 4.39 Å². The minimum absolute atomic E-state index is 0.112. The molecule has 100 valence electrons. The smallest absolute Gasteiger partial charge is 0.146 e. The summed E-state index contributed by atoms with van der Waals surface area (Å²) in [7, 11) is 4.01. The lowest BCUT2D eigenvalue weighted by Gasteiger charge is -2.39. The fourth-order valence-electron chi connectivity index (χ4n) is 2.50. The molecule has 1 aromatic carbocycles. The van der Waals surface area contributed by atoms with Gasteiger partial charge in [-0.3, -0.25) is 0 Å². The normalized spacial score (nSPS) is 21.3. The fourth-order valence-corrected chi connectivity index (χ4v) is 2.50. The van der Waals surface area contributed by atoms with Gasteiger partial charge >= 0.3 is 0 Å². The monoisotopic (exact) mass is 251 g/mol. The molecule has 3 nitrogen and oxygen atoms in total. The van der Waals surface area contributed by atoms with Crippen LogP contribution in [0.25, 0.3) is 0 Å². The van der Waals surface area contributed by atoms with Crippen molar-refractivity contribution in [2.75, 3.05) is 38.6 Å². The van der Waals surface area contributed by atoms with Crippen molar-refractivity contribution in [3.63, 3.8) is 0 Å².